The van der Waals surface area contributed by atoms with Crippen LogP contribution in [0.1, 0.15) is 36.2 Å². The molecule has 2 amide bonds. The average Bonchev–Trinajstić information content (AvgIpc) is 2.92. The second kappa shape index (κ2) is 13.3. The SMILES string of the molecule is CC.O=C(c1ccccc1)N(CC1=CC(Cc2ccc(F)cc2)(NC(=O)C(Cl)(Cl)Cl)C1)c1ccc([N+](=O)[O-])cc1. The van der Waals surface area contributed by atoms with E-state index in [1.54, 1.807) is 48.5 Å². The minimum atomic E-state index is -2.19. The highest BCUT2D eigenvalue weighted by atomic mass is 35.6. The molecule has 11 heteroatoms. The van der Waals surface area contributed by atoms with Gasteiger partial charge in [-0.1, -0.05) is 85.1 Å². The Hall–Kier alpha value is -3.46. The van der Waals surface area contributed by atoms with Crippen LogP contribution in [-0.2, 0) is 11.2 Å². The van der Waals surface area contributed by atoms with Crippen molar-refractivity contribution in [1.82, 2.24) is 5.32 Å². The van der Waals surface area contributed by atoms with Gasteiger partial charge in [0, 0.05) is 29.9 Å². The Morgan fingerprint density at radius 2 is 1.57 bits per heavy atom. The molecule has 0 spiro atoms. The fraction of sp³-hybridized carbons (Fsp3) is 0.241. The first-order valence-corrected chi connectivity index (χ1v) is 13.5. The molecule has 1 atom stereocenters. The van der Waals surface area contributed by atoms with E-state index < -0.39 is 26.0 Å². The van der Waals surface area contributed by atoms with E-state index in [1.165, 1.54) is 41.3 Å². The van der Waals surface area contributed by atoms with Crippen LogP contribution in [0, 0.1) is 15.9 Å². The van der Waals surface area contributed by atoms with Crippen LogP contribution in [0.15, 0.2) is 90.5 Å². The van der Waals surface area contributed by atoms with Crippen molar-refractivity contribution in [1.29, 1.82) is 0 Å². The first kappa shape index (κ1) is 31.1. The standard InChI is InChI=1S/C27H21Cl3FN3O4.C2H6/c28-27(29,30)25(36)32-26(14-18-6-8-21(31)9-7-18)15-19(16-26)17-33(24(35)20-4-2-1-3-5-20)22-10-12-23(13-11-22)34(37)38;1-2/h1-13,15H,14,16-17H2,(H,32,36);1-2H3. The van der Waals surface area contributed by atoms with Gasteiger partial charge in [0.1, 0.15) is 5.82 Å². The highest BCUT2D eigenvalue weighted by Gasteiger charge is 2.43. The Bertz CT molecular complexity index is 1380. The monoisotopic (exact) mass is 605 g/mol. The molecule has 0 aliphatic heterocycles. The lowest BCUT2D eigenvalue weighted by Gasteiger charge is -2.43. The third-order valence-corrected chi connectivity index (χ3v) is 6.59. The first-order valence-electron chi connectivity index (χ1n) is 12.4. The van der Waals surface area contributed by atoms with Crippen molar-refractivity contribution in [2.24, 2.45) is 0 Å². The lowest BCUT2D eigenvalue weighted by atomic mass is 9.74. The highest BCUT2D eigenvalue weighted by molar-refractivity contribution is 6.76. The van der Waals surface area contributed by atoms with E-state index in [1.807, 2.05) is 13.8 Å². The summed E-state index contributed by atoms with van der Waals surface area (Å²) in [4.78, 5) is 38.1. The number of nitrogens with one attached hydrogen (secondary N) is 1. The number of halogens is 4. The summed E-state index contributed by atoms with van der Waals surface area (Å²) in [6, 6.07) is 20.1. The van der Waals surface area contributed by atoms with Gasteiger partial charge in [-0.2, -0.15) is 0 Å². The number of non-ortho nitro benzene ring substituents is 1. The van der Waals surface area contributed by atoms with Gasteiger partial charge < -0.3 is 10.2 Å². The molecule has 0 bridgehead atoms. The summed E-state index contributed by atoms with van der Waals surface area (Å²) in [5, 5.41) is 13.9. The van der Waals surface area contributed by atoms with Gasteiger partial charge in [-0.25, -0.2) is 4.39 Å². The quantitative estimate of drug-likeness (QED) is 0.127. The normalized spacial score (nSPS) is 16.0. The lowest BCUT2D eigenvalue weighted by Crippen LogP contribution is -2.57. The Balaban J connectivity index is 0.00000216. The van der Waals surface area contributed by atoms with Crippen molar-refractivity contribution in [3.05, 3.63) is 118 Å². The molecule has 0 fully saturated rings. The maximum atomic E-state index is 13.4. The minimum Gasteiger partial charge on any atom is -0.343 e. The number of carbonyl (C=O) groups excluding carboxylic acids is 2. The van der Waals surface area contributed by atoms with Crippen LogP contribution in [0.25, 0.3) is 0 Å². The zero-order chi connectivity index (χ0) is 29.5. The molecule has 210 valence electrons. The van der Waals surface area contributed by atoms with Crippen molar-refractivity contribution >= 4 is 58.0 Å². The molecule has 0 saturated carbocycles. The Morgan fingerprint density at radius 1 is 1.00 bits per heavy atom. The van der Waals surface area contributed by atoms with Gasteiger partial charge in [-0.3, -0.25) is 19.7 Å². The van der Waals surface area contributed by atoms with Crippen molar-refractivity contribution in [2.75, 3.05) is 11.4 Å². The van der Waals surface area contributed by atoms with Crippen LogP contribution in [0.2, 0.25) is 0 Å². The van der Waals surface area contributed by atoms with E-state index >= 15 is 0 Å². The van der Waals surface area contributed by atoms with E-state index in [4.69, 9.17) is 34.8 Å². The number of amides is 2. The zero-order valence-electron chi connectivity index (χ0n) is 21.7. The molecule has 1 unspecified atom stereocenters. The van der Waals surface area contributed by atoms with Crippen LogP contribution in [-0.4, -0.2) is 32.6 Å². The number of nitro groups is 1. The van der Waals surface area contributed by atoms with Gasteiger partial charge in [0.15, 0.2) is 0 Å². The van der Waals surface area contributed by atoms with E-state index in [9.17, 15) is 24.1 Å². The molecule has 4 rings (SSSR count). The summed E-state index contributed by atoms with van der Waals surface area (Å²) in [6.07, 6.45) is 2.41. The smallest absolute Gasteiger partial charge is 0.272 e. The summed E-state index contributed by atoms with van der Waals surface area (Å²) in [7, 11) is 0. The number of hydrogen-bond acceptors (Lipinski definition) is 4. The molecule has 1 aliphatic carbocycles. The second-order valence-electron chi connectivity index (χ2n) is 8.92. The molecular formula is C29H27Cl3FN3O4. The van der Waals surface area contributed by atoms with E-state index in [-0.39, 0.29) is 18.1 Å². The molecule has 3 aromatic carbocycles. The summed E-state index contributed by atoms with van der Waals surface area (Å²) in [5.41, 5.74) is 1.43. The molecule has 0 saturated heterocycles. The molecule has 40 heavy (non-hydrogen) atoms. The third kappa shape index (κ3) is 7.81. The summed E-state index contributed by atoms with van der Waals surface area (Å²) < 4.78 is 11.2. The van der Waals surface area contributed by atoms with Gasteiger partial charge in [0.25, 0.3) is 21.3 Å². The summed E-state index contributed by atoms with van der Waals surface area (Å²) in [5.74, 6) is -1.51. The van der Waals surface area contributed by atoms with Gasteiger partial charge in [0.2, 0.25) is 0 Å². The molecule has 1 N–H and O–H groups in total. The summed E-state index contributed by atoms with van der Waals surface area (Å²) >= 11 is 17.4. The largest absolute Gasteiger partial charge is 0.343 e. The summed E-state index contributed by atoms with van der Waals surface area (Å²) in [6.45, 7) is 4.15. The molecule has 1 aliphatic rings. The van der Waals surface area contributed by atoms with Crippen LogP contribution < -0.4 is 10.2 Å². The number of carbonyl (C=O) groups is 2. The van der Waals surface area contributed by atoms with Crippen molar-refractivity contribution in [3.8, 4) is 0 Å². The topological polar surface area (TPSA) is 92.6 Å². The molecular weight excluding hydrogens is 580 g/mol. The van der Waals surface area contributed by atoms with Crippen LogP contribution >= 0.6 is 34.8 Å². The Kier molecular flexibility index (Phi) is 10.3. The van der Waals surface area contributed by atoms with Crippen LogP contribution in [0.4, 0.5) is 15.8 Å². The van der Waals surface area contributed by atoms with Crippen molar-refractivity contribution < 1.29 is 18.9 Å². The number of anilines is 1. The number of rotatable bonds is 8. The van der Waals surface area contributed by atoms with Gasteiger partial charge in [-0.15, -0.1) is 0 Å². The van der Waals surface area contributed by atoms with Gasteiger partial charge in [0.05, 0.1) is 10.5 Å². The Morgan fingerprint density at radius 3 is 2.10 bits per heavy atom. The van der Waals surface area contributed by atoms with E-state index in [0.717, 1.165) is 11.1 Å². The van der Waals surface area contributed by atoms with Crippen molar-refractivity contribution in [3.63, 3.8) is 0 Å². The van der Waals surface area contributed by atoms with Crippen molar-refractivity contribution in [2.45, 2.75) is 36.0 Å². The maximum absolute atomic E-state index is 13.4. The van der Waals surface area contributed by atoms with Crippen LogP contribution in [0.3, 0.4) is 0 Å². The predicted molar refractivity (Wildman–Crippen MR) is 157 cm³/mol. The second-order valence-corrected chi connectivity index (χ2v) is 11.2. The molecule has 7 nitrogen and oxygen atoms in total. The number of alkyl halides is 3. The number of hydrogen-bond donors (Lipinski definition) is 1. The third-order valence-electron chi connectivity index (χ3n) is 6.07. The van der Waals surface area contributed by atoms with Gasteiger partial charge >= 0.3 is 0 Å². The predicted octanol–water partition coefficient (Wildman–Crippen LogP) is 7.20. The van der Waals surface area contributed by atoms with E-state index in [2.05, 4.69) is 5.32 Å². The minimum absolute atomic E-state index is 0.101. The molecule has 3 aromatic rings. The maximum Gasteiger partial charge on any atom is 0.272 e. The highest BCUT2D eigenvalue weighted by Crippen LogP contribution is 2.37. The Labute approximate surface area is 246 Å². The fourth-order valence-electron chi connectivity index (χ4n) is 4.34. The average molecular weight is 607 g/mol. The fourth-order valence-corrected chi connectivity index (χ4v) is 4.49. The van der Waals surface area contributed by atoms with Gasteiger partial charge in [-0.05, 0) is 60.4 Å². The van der Waals surface area contributed by atoms with E-state index in [0.29, 0.717) is 24.1 Å². The van der Waals surface area contributed by atoms with Crippen LogP contribution in [0.5, 0.6) is 0 Å². The number of benzene rings is 3. The lowest BCUT2D eigenvalue weighted by molar-refractivity contribution is -0.384. The number of nitrogens with zero attached hydrogens (tertiary/aromatic N) is 2. The molecule has 0 aromatic heterocycles. The zero-order valence-corrected chi connectivity index (χ0v) is 24.0. The molecule has 0 heterocycles. The number of nitro benzene ring substituents is 1. The first-order chi connectivity index (χ1) is 19.0. The molecule has 0 radical (unpaired) electrons.